The lowest BCUT2D eigenvalue weighted by Crippen LogP contribution is -1.78. The molecule has 0 atom stereocenters. The van der Waals surface area contributed by atoms with E-state index in [4.69, 9.17) is 12.6 Å². The third-order valence-corrected chi connectivity index (χ3v) is 1.88. The predicted octanol–water partition coefficient (Wildman–Crippen LogP) is 3.14. The Hall–Kier alpha value is 0.830. The molecule has 0 amide bonds. The second-order valence-electron chi connectivity index (χ2n) is 1.81. The standard InChI is InChI=1S/C6H12BrS/c7-5-3-1-2-4-6-8/h1-6H2. The fraction of sp³-hybridized carbons (Fsp3) is 1.00. The lowest BCUT2D eigenvalue weighted by molar-refractivity contribution is 0.714. The van der Waals surface area contributed by atoms with E-state index in [1.165, 1.54) is 25.7 Å². The molecule has 0 aliphatic rings. The summed E-state index contributed by atoms with van der Waals surface area (Å²) in [6, 6.07) is 0. The quantitative estimate of drug-likeness (QED) is 0.468. The molecular formula is C6H12BrS. The van der Waals surface area contributed by atoms with Crippen LogP contribution in [0.2, 0.25) is 0 Å². The van der Waals surface area contributed by atoms with Crippen LogP contribution in [0.5, 0.6) is 0 Å². The van der Waals surface area contributed by atoms with E-state index >= 15 is 0 Å². The average Bonchev–Trinajstić information content (AvgIpc) is 1.81. The van der Waals surface area contributed by atoms with Gasteiger partial charge < -0.3 is 0 Å². The van der Waals surface area contributed by atoms with Gasteiger partial charge in [0.05, 0.1) is 0 Å². The minimum Gasteiger partial charge on any atom is -0.0942 e. The fourth-order valence-electron chi connectivity index (χ4n) is 0.550. The van der Waals surface area contributed by atoms with Crippen LogP contribution in [0.1, 0.15) is 25.7 Å². The highest BCUT2D eigenvalue weighted by molar-refractivity contribution is 9.09. The highest BCUT2D eigenvalue weighted by Crippen LogP contribution is 2.01. The zero-order chi connectivity index (χ0) is 6.24. The summed E-state index contributed by atoms with van der Waals surface area (Å²) >= 11 is 8.17. The molecule has 8 heavy (non-hydrogen) atoms. The summed E-state index contributed by atoms with van der Waals surface area (Å²) in [5.41, 5.74) is 0. The van der Waals surface area contributed by atoms with E-state index in [2.05, 4.69) is 15.9 Å². The molecule has 0 heterocycles. The van der Waals surface area contributed by atoms with Crippen LogP contribution in [0, 0.1) is 0 Å². The van der Waals surface area contributed by atoms with Crippen molar-refractivity contribution in [3.05, 3.63) is 0 Å². The molecule has 0 aromatic carbocycles. The van der Waals surface area contributed by atoms with Gasteiger partial charge in [0.25, 0.3) is 0 Å². The summed E-state index contributed by atoms with van der Waals surface area (Å²) in [6.45, 7) is 0. The van der Waals surface area contributed by atoms with Crippen molar-refractivity contribution in [1.29, 1.82) is 0 Å². The van der Waals surface area contributed by atoms with Crippen molar-refractivity contribution in [1.82, 2.24) is 0 Å². The number of alkyl halides is 1. The largest absolute Gasteiger partial charge is 0.0942 e. The van der Waals surface area contributed by atoms with Crippen LogP contribution < -0.4 is 0 Å². The Bertz CT molecular complexity index is 33.5. The van der Waals surface area contributed by atoms with Crippen LogP contribution in [0.3, 0.4) is 0 Å². The first kappa shape index (κ1) is 8.83. The molecule has 0 nitrogen and oxygen atoms in total. The van der Waals surface area contributed by atoms with Crippen molar-refractivity contribution < 1.29 is 0 Å². The summed E-state index contributed by atoms with van der Waals surface area (Å²) in [6.07, 6.45) is 5.18. The number of unbranched alkanes of at least 4 members (excludes halogenated alkanes) is 3. The molecule has 0 N–H and O–H groups in total. The molecule has 0 aliphatic carbocycles. The Morgan fingerprint density at radius 3 is 2.12 bits per heavy atom. The molecule has 0 saturated carbocycles. The van der Waals surface area contributed by atoms with Crippen LogP contribution in [-0.2, 0) is 0 Å². The number of hydrogen-bond donors (Lipinski definition) is 0. The monoisotopic (exact) mass is 195 g/mol. The van der Waals surface area contributed by atoms with Gasteiger partial charge in [-0.25, -0.2) is 0 Å². The average molecular weight is 196 g/mol. The van der Waals surface area contributed by atoms with E-state index in [1.807, 2.05) is 0 Å². The van der Waals surface area contributed by atoms with Crippen molar-refractivity contribution in [3.63, 3.8) is 0 Å². The first-order valence-corrected chi connectivity index (χ1v) is 4.75. The Balaban J connectivity index is 2.53. The van der Waals surface area contributed by atoms with Gasteiger partial charge in [0.1, 0.15) is 0 Å². The van der Waals surface area contributed by atoms with Gasteiger partial charge in [-0.1, -0.05) is 41.4 Å². The van der Waals surface area contributed by atoms with Crippen LogP contribution >= 0.6 is 28.6 Å². The maximum Gasteiger partial charge on any atom is 0.00369 e. The summed E-state index contributed by atoms with van der Waals surface area (Å²) < 4.78 is 0. The van der Waals surface area contributed by atoms with Crippen LogP contribution in [0.4, 0.5) is 0 Å². The van der Waals surface area contributed by atoms with Crippen molar-refractivity contribution in [2.24, 2.45) is 0 Å². The molecule has 0 bridgehead atoms. The lowest BCUT2D eigenvalue weighted by atomic mass is 10.2. The normalized spacial score (nSPS) is 9.75. The van der Waals surface area contributed by atoms with E-state index in [9.17, 15) is 0 Å². The maximum atomic E-state index is 4.79. The van der Waals surface area contributed by atoms with Crippen molar-refractivity contribution in [2.75, 3.05) is 11.1 Å². The van der Waals surface area contributed by atoms with E-state index in [0.29, 0.717) is 0 Å². The SMILES string of the molecule is [S]CCCCCCBr. The minimum atomic E-state index is 0.933. The second-order valence-corrected chi connectivity index (χ2v) is 3.01. The summed E-state index contributed by atoms with van der Waals surface area (Å²) in [4.78, 5) is 0. The van der Waals surface area contributed by atoms with Crippen LogP contribution in [0.25, 0.3) is 0 Å². The molecule has 49 valence electrons. The van der Waals surface area contributed by atoms with Crippen molar-refractivity contribution >= 4 is 28.6 Å². The van der Waals surface area contributed by atoms with E-state index < -0.39 is 0 Å². The van der Waals surface area contributed by atoms with E-state index in [0.717, 1.165) is 11.1 Å². The van der Waals surface area contributed by atoms with Gasteiger partial charge >= 0.3 is 0 Å². The Labute approximate surface area is 65.6 Å². The predicted molar refractivity (Wildman–Crippen MR) is 44.7 cm³/mol. The third kappa shape index (κ3) is 6.83. The minimum absolute atomic E-state index is 0.933. The summed E-state index contributed by atoms with van der Waals surface area (Å²) in [5, 5.41) is 1.14. The maximum absolute atomic E-state index is 4.79. The van der Waals surface area contributed by atoms with Gasteiger partial charge in [-0.2, -0.15) is 0 Å². The highest BCUT2D eigenvalue weighted by Gasteiger charge is 1.84. The topological polar surface area (TPSA) is 0 Å². The smallest absolute Gasteiger partial charge is 0.00369 e. The highest BCUT2D eigenvalue weighted by atomic mass is 79.9. The zero-order valence-corrected chi connectivity index (χ0v) is 7.43. The zero-order valence-electron chi connectivity index (χ0n) is 5.03. The van der Waals surface area contributed by atoms with Gasteiger partial charge in [0, 0.05) is 11.1 Å². The Morgan fingerprint density at radius 1 is 1.00 bits per heavy atom. The molecule has 0 aliphatic heterocycles. The molecule has 0 fully saturated rings. The van der Waals surface area contributed by atoms with Gasteiger partial charge in [-0.3, -0.25) is 0 Å². The Kier molecular flexibility index (Phi) is 8.64. The lowest BCUT2D eigenvalue weighted by Gasteiger charge is -1.92. The van der Waals surface area contributed by atoms with Crippen LogP contribution in [-0.4, -0.2) is 11.1 Å². The molecule has 0 saturated heterocycles. The van der Waals surface area contributed by atoms with Gasteiger partial charge in [-0.15, -0.1) is 0 Å². The summed E-state index contributed by atoms with van der Waals surface area (Å²) in [7, 11) is 0. The molecule has 0 unspecified atom stereocenters. The van der Waals surface area contributed by atoms with E-state index in [1.54, 1.807) is 0 Å². The molecule has 0 spiro atoms. The molecule has 1 radical (unpaired) electrons. The fourth-order valence-corrected chi connectivity index (χ4v) is 1.15. The van der Waals surface area contributed by atoms with E-state index in [-0.39, 0.29) is 0 Å². The number of hydrogen-bond acceptors (Lipinski definition) is 0. The van der Waals surface area contributed by atoms with Crippen molar-refractivity contribution in [2.45, 2.75) is 25.7 Å². The molecule has 0 aromatic heterocycles. The number of rotatable bonds is 5. The first-order valence-electron chi connectivity index (χ1n) is 3.06. The molecule has 2 heteroatoms. The van der Waals surface area contributed by atoms with Gasteiger partial charge in [0.2, 0.25) is 0 Å². The molecule has 0 aromatic rings. The molecule has 0 rings (SSSR count). The third-order valence-electron chi connectivity index (χ3n) is 1.03. The van der Waals surface area contributed by atoms with Crippen molar-refractivity contribution in [3.8, 4) is 0 Å². The van der Waals surface area contributed by atoms with Gasteiger partial charge in [0.15, 0.2) is 0 Å². The summed E-state index contributed by atoms with van der Waals surface area (Å²) in [5.74, 6) is 0.933. The van der Waals surface area contributed by atoms with Crippen LogP contribution in [0.15, 0.2) is 0 Å². The first-order chi connectivity index (χ1) is 3.91. The number of halogens is 1. The second kappa shape index (κ2) is 7.83. The Morgan fingerprint density at radius 2 is 1.62 bits per heavy atom. The molecular weight excluding hydrogens is 184 g/mol. The van der Waals surface area contributed by atoms with Gasteiger partial charge in [-0.05, 0) is 12.8 Å².